The molecule has 116 valence electrons. The van der Waals surface area contributed by atoms with Gasteiger partial charge in [0, 0.05) is 0 Å². The zero-order valence-electron chi connectivity index (χ0n) is 12.2. The second kappa shape index (κ2) is 7.66. The van der Waals surface area contributed by atoms with E-state index in [4.69, 9.17) is 32.7 Å². The average Bonchev–Trinajstić information content (AvgIpc) is 2.38. The number of esters is 2. The van der Waals surface area contributed by atoms with E-state index in [0.29, 0.717) is 11.6 Å². The first kappa shape index (κ1) is 17.8. The van der Waals surface area contributed by atoms with Gasteiger partial charge in [-0.2, -0.15) is 0 Å². The van der Waals surface area contributed by atoms with Crippen molar-refractivity contribution in [2.75, 3.05) is 6.61 Å². The molecule has 0 unspecified atom stereocenters. The molecule has 4 nitrogen and oxygen atoms in total. The third-order valence-corrected chi connectivity index (χ3v) is 3.14. The highest BCUT2D eigenvalue weighted by atomic mass is 35.5. The van der Waals surface area contributed by atoms with Gasteiger partial charge in [0.15, 0.2) is 5.75 Å². The first-order valence-corrected chi connectivity index (χ1v) is 7.25. The van der Waals surface area contributed by atoms with Gasteiger partial charge in [0.05, 0.1) is 24.5 Å². The summed E-state index contributed by atoms with van der Waals surface area (Å²) in [5.41, 5.74) is -0.107. The Kier molecular flexibility index (Phi) is 6.49. The van der Waals surface area contributed by atoms with Crippen LogP contribution in [0.1, 0.15) is 33.6 Å². The molecule has 0 spiro atoms. The molecule has 0 radical (unpaired) electrons. The number of hydrogen-bond donors (Lipinski definition) is 0. The molecule has 1 aromatic carbocycles. The van der Waals surface area contributed by atoms with Crippen LogP contribution < -0.4 is 4.74 Å². The monoisotopic (exact) mass is 332 g/mol. The molecule has 0 saturated heterocycles. The smallest absolute Gasteiger partial charge is 0.311 e. The Bertz CT molecular complexity index is 521. The summed E-state index contributed by atoms with van der Waals surface area (Å²) >= 11 is 11.7. The third kappa shape index (κ3) is 6.82. The summed E-state index contributed by atoms with van der Waals surface area (Å²) < 4.78 is 10.1. The van der Waals surface area contributed by atoms with E-state index in [1.54, 1.807) is 12.1 Å². The Hall–Kier alpha value is -1.26. The van der Waals surface area contributed by atoms with Crippen LogP contribution in [-0.2, 0) is 14.3 Å². The van der Waals surface area contributed by atoms with Crippen molar-refractivity contribution >= 4 is 35.1 Å². The molecule has 0 saturated carbocycles. The van der Waals surface area contributed by atoms with E-state index in [9.17, 15) is 9.59 Å². The molecule has 0 amide bonds. The lowest BCUT2D eigenvalue weighted by Crippen LogP contribution is -2.19. The van der Waals surface area contributed by atoms with Crippen molar-refractivity contribution in [1.29, 1.82) is 0 Å². The van der Waals surface area contributed by atoms with Crippen LogP contribution in [0.4, 0.5) is 0 Å². The zero-order valence-corrected chi connectivity index (χ0v) is 13.8. The fourth-order valence-corrected chi connectivity index (χ4v) is 1.64. The minimum absolute atomic E-state index is 0.0346. The molecule has 0 aromatic heterocycles. The minimum atomic E-state index is -0.563. The maximum absolute atomic E-state index is 11.6. The number of ether oxygens (including phenoxy) is 2. The number of rotatable bonds is 5. The van der Waals surface area contributed by atoms with Crippen LogP contribution >= 0.6 is 23.2 Å². The Balaban J connectivity index is 2.41. The molecule has 1 aromatic rings. The van der Waals surface area contributed by atoms with E-state index >= 15 is 0 Å². The van der Waals surface area contributed by atoms with E-state index in [2.05, 4.69) is 0 Å². The van der Waals surface area contributed by atoms with Gasteiger partial charge in [-0.1, -0.05) is 50.0 Å². The Labute approximate surface area is 134 Å². The normalized spacial score (nSPS) is 11.1. The van der Waals surface area contributed by atoms with E-state index in [-0.39, 0.29) is 29.0 Å². The lowest BCUT2D eigenvalue weighted by atomic mass is 9.99. The first-order chi connectivity index (χ1) is 9.69. The van der Waals surface area contributed by atoms with Crippen LogP contribution in [0, 0.1) is 5.41 Å². The maximum atomic E-state index is 11.6. The van der Waals surface area contributed by atoms with Crippen LogP contribution in [0.3, 0.4) is 0 Å². The maximum Gasteiger partial charge on any atom is 0.311 e. The molecular weight excluding hydrogens is 315 g/mol. The van der Waals surface area contributed by atoms with Gasteiger partial charge in [0.2, 0.25) is 0 Å². The fourth-order valence-electron chi connectivity index (χ4n) is 1.31. The summed E-state index contributed by atoms with van der Waals surface area (Å²) in [6.45, 7) is 6.17. The summed E-state index contributed by atoms with van der Waals surface area (Å²) in [7, 11) is 0. The zero-order chi connectivity index (χ0) is 16.0. The highest BCUT2D eigenvalue weighted by Gasteiger charge is 2.16. The minimum Gasteiger partial charge on any atom is -0.465 e. The van der Waals surface area contributed by atoms with Gasteiger partial charge >= 0.3 is 11.9 Å². The van der Waals surface area contributed by atoms with E-state index in [1.165, 1.54) is 6.07 Å². The fraction of sp³-hybridized carbons (Fsp3) is 0.467. The van der Waals surface area contributed by atoms with Gasteiger partial charge in [0.25, 0.3) is 0 Å². The van der Waals surface area contributed by atoms with Gasteiger partial charge in [0.1, 0.15) is 5.02 Å². The van der Waals surface area contributed by atoms with Crippen molar-refractivity contribution in [2.45, 2.75) is 33.6 Å². The molecule has 0 N–H and O–H groups in total. The molecule has 0 bridgehead atoms. The largest absolute Gasteiger partial charge is 0.465 e. The second-order valence-electron chi connectivity index (χ2n) is 5.75. The molecule has 0 fully saturated rings. The standard InChI is InChI=1S/C15H18Cl2O4/c1-15(2,3)9-20-12(18)7-8-13(19)21-11-6-4-5-10(16)14(11)17/h4-6H,7-9H2,1-3H3. The van der Waals surface area contributed by atoms with Crippen LogP contribution in [0.2, 0.25) is 10.0 Å². The topological polar surface area (TPSA) is 52.6 Å². The molecule has 6 heteroatoms. The van der Waals surface area contributed by atoms with E-state index in [1.807, 2.05) is 20.8 Å². The molecule has 0 heterocycles. The van der Waals surface area contributed by atoms with Crippen molar-refractivity contribution in [3.8, 4) is 5.75 Å². The Morgan fingerprint density at radius 1 is 1.10 bits per heavy atom. The predicted octanol–water partition coefficient (Wildman–Crippen LogP) is 4.27. The number of benzene rings is 1. The van der Waals surface area contributed by atoms with Crippen LogP contribution in [-0.4, -0.2) is 18.5 Å². The van der Waals surface area contributed by atoms with Crippen molar-refractivity contribution in [3.05, 3.63) is 28.2 Å². The first-order valence-electron chi connectivity index (χ1n) is 6.49. The van der Waals surface area contributed by atoms with E-state index < -0.39 is 11.9 Å². The van der Waals surface area contributed by atoms with Crippen LogP contribution in [0.5, 0.6) is 5.75 Å². The lowest BCUT2D eigenvalue weighted by Gasteiger charge is -2.17. The predicted molar refractivity (Wildman–Crippen MR) is 81.7 cm³/mol. The molecule has 0 aliphatic carbocycles. The van der Waals surface area contributed by atoms with Crippen molar-refractivity contribution in [1.82, 2.24) is 0 Å². The number of halogens is 2. The summed E-state index contributed by atoms with van der Waals surface area (Å²) in [6, 6.07) is 4.74. The van der Waals surface area contributed by atoms with Crippen LogP contribution in [0.15, 0.2) is 18.2 Å². The van der Waals surface area contributed by atoms with E-state index in [0.717, 1.165) is 0 Å². The van der Waals surface area contributed by atoms with Gasteiger partial charge in [-0.3, -0.25) is 9.59 Å². The quantitative estimate of drug-likeness (QED) is 0.596. The average molecular weight is 333 g/mol. The molecule has 1 rings (SSSR count). The molecule has 0 atom stereocenters. The molecule has 0 aliphatic rings. The van der Waals surface area contributed by atoms with Crippen molar-refractivity contribution < 1.29 is 19.1 Å². The van der Waals surface area contributed by atoms with Gasteiger partial charge < -0.3 is 9.47 Å². The lowest BCUT2D eigenvalue weighted by molar-refractivity contribution is -0.149. The molecule has 0 aliphatic heterocycles. The summed E-state index contributed by atoms with van der Waals surface area (Å²) in [5, 5.41) is 0.467. The number of hydrogen-bond acceptors (Lipinski definition) is 4. The number of carbonyl (C=O) groups excluding carboxylic acids is 2. The SMILES string of the molecule is CC(C)(C)COC(=O)CCC(=O)Oc1cccc(Cl)c1Cl. The summed E-state index contributed by atoms with van der Waals surface area (Å²) in [4.78, 5) is 23.1. The Morgan fingerprint density at radius 3 is 2.33 bits per heavy atom. The van der Waals surface area contributed by atoms with Gasteiger partial charge in [-0.05, 0) is 17.5 Å². The Morgan fingerprint density at radius 2 is 1.71 bits per heavy atom. The summed E-state index contributed by atoms with van der Waals surface area (Å²) in [5.74, 6) is -0.817. The molecular formula is C15H18Cl2O4. The molecule has 21 heavy (non-hydrogen) atoms. The van der Waals surface area contributed by atoms with Gasteiger partial charge in [-0.15, -0.1) is 0 Å². The number of carbonyl (C=O) groups is 2. The van der Waals surface area contributed by atoms with Crippen LogP contribution in [0.25, 0.3) is 0 Å². The highest BCUT2D eigenvalue weighted by Crippen LogP contribution is 2.31. The highest BCUT2D eigenvalue weighted by molar-refractivity contribution is 6.43. The van der Waals surface area contributed by atoms with Crippen molar-refractivity contribution in [3.63, 3.8) is 0 Å². The third-order valence-electron chi connectivity index (χ3n) is 2.34. The van der Waals surface area contributed by atoms with Gasteiger partial charge in [-0.25, -0.2) is 0 Å². The van der Waals surface area contributed by atoms with Crippen molar-refractivity contribution in [2.24, 2.45) is 5.41 Å². The summed E-state index contributed by atoms with van der Waals surface area (Å²) in [6.07, 6.45) is -0.112. The second-order valence-corrected chi connectivity index (χ2v) is 6.53.